The molecule has 86 valence electrons. The molecule has 2 rings (SSSR count). The van der Waals surface area contributed by atoms with Crippen LogP contribution >= 0.6 is 11.8 Å². The van der Waals surface area contributed by atoms with Crippen molar-refractivity contribution in [1.82, 2.24) is 14.5 Å². The van der Waals surface area contributed by atoms with Crippen LogP contribution in [-0.2, 0) is 6.54 Å². The van der Waals surface area contributed by atoms with Crippen molar-refractivity contribution in [3.63, 3.8) is 0 Å². The van der Waals surface area contributed by atoms with Gasteiger partial charge in [-0.05, 0) is 11.6 Å². The summed E-state index contributed by atoms with van der Waals surface area (Å²) in [5, 5.41) is 9.45. The number of aromatic nitrogens is 3. The van der Waals surface area contributed by atoms with Crippen molar-refractivity contribution in [3.05, 3.63) is 42.5 Å². The number of thioether (sulfide) groups is 1. The Bertz CT molecular complexity index is 501. The first kappa shape index (κ1) is 11.7. The Kier molecular flexibility index (Phi) is 4.17. The Morgan fingerprint density at radius 2 is 2.35 bits per heavy atom. The lowest BCUT2D eigenvalue weighted by atomic mass is 10.3. The molecular weight excluding hydrogens is 232 g/mol. The van der Waals surface area contributed by atoms with Crippen molar-refractivity contribution >= 4 is 11.8 Å². The smallest absolute Gasteiger partial charge is 0.168 e. The maximum Gasteiger partial charge on any atom is 0.168 e. The van der Waals surface area contributed by atoms with Crippen molar-refractivity contribution < 1.29 is 0 Å². The minimum Gasteiger partial charge on any atom is -0.322 e. The molecule has 0 spiro atoms. The molecule has 0 amide bonds. The van der Waals surface area contributed by atoms with E-state index in [0.29, 0.717) is 6.42 Å². The summed E-state index contributed by atoms with van der Waals surface area (Å²) in [5.41, 5.74) is 1.15. The highest BCUT2D eigenvalue weighted by Crippen LogP contribution is 2.17. The largest absolute Gasteiger partial charge is 0.322 e. The monoisotopic (exact) mass is 244 g/mol. The molecule has 0 aliphatic carbocycles. The van der Waals surface area contributed by atoms with E-state index in [4.69, 9.17) is 5.26 Å². The Balaban J connectivity index is 2.02. The third kappa shape index (κ3) is 3.33. The van der Waals surface area contributed by atoms with Gasteiger partial charge in [-0.2, -0.15) is 5.26 Å². The maximum absolute atomic E-state index is 8.50. The van der Waals surface area contributed by atoms with Gasteiger partial charge in [0.1, 0.15) is 0 Å². The number of rotatable bonds is 5. The van der Waals surface area contributed by atoms with Crippen molar-refractivity contribution in [2.24, 2.45) is 0 Å². The van der Waals surface area contributed by atoms with Gasteiger partial charge in [0.25, 0.3) is 0 Å². The van der Waals surface area contributed by atoms with Crippen LogP contribution in [-0.4, -0.2) is 20.3 Å². The van der Waals surface area contributed by atoms with Crippen LogP contribution in [0.2, 0.25) is 0 Å². The van der Waals surface area contributed by atoms with Crippen LogP contribution in [0.4, 0.5) is 0 Å². The molecule has 2 heterocycles. The van der Waals surface area contributed by atoms with E-state index in [-0.39, 0.29) is 0 Å². The average Bonchev–Trinajstić information content (AvgIpc) is 2.79. The maximum atomic E-state index is 8.50. The van der Waals surface area contributed by atoms with Gasteiger partial charge in [-0.25, -0.2) is 4.98 Å². The Morgan fingerprint density at radius 3 is 3.12 bits per heavy atom. The summed E-state index contributed by atoms with van der Waals surface area (Å²) >= 11 is 1.61. The lowest BCUT2D eigenvalue weighted by Gasteiger charge is -2.06. The van der Waals surface area contributed by atoms with Crippen molar-refractivity contribution in [2.45, 2.75) is 18.1 Å². The molecule has 0 atom stereocenters. The Hall–Kier alpha value is -1.80. The van der Waals surface area contributed by atoms with Gasteiger partial charge in [0.2, 0.25) is 0 Å². The Labute approximate surface area is 104 Å². The first-order valence-electron chi connectivity index (χ1n) is 5.30. The SMILES string of the molecule is N#CCCSc1nccn1Cc1cccnc1. The highest BCUT2D eigenvalue weighted by molar-refractivity contribution is 7.99. The van der Waals surface area contributed by atoms with E-state index in [2.05, 4.69) is 20.6 Å². The van der Waals surface area contributed by atoms with E-state index in [1.807, 2.05) is 24.5 Å². The van der Waals surface area contributed by atoms with E-state index < -0.39 is 0 Å². The first-order chi connectivity index (χ1) is 8.40. The molecular formula is C12H12N4S. The second-order valence-corrected chi connectivity index (χ2v) is 4.52. The average molecular weight is 244 g/mol. The van der Waals surface area contributed by atoms with Gasteiger partial charge in [-0.1, -0.05) is 17.8 Å². The number of nitriles is 1. The zero-order valence-corrected chi connectivity index (χ0v) is 10.1. The molecule has 2 aromatic heterocycles. The summed E-state index contributed by atoms with van der Waals surface area (Å²) in [6.07, 6.45) is 7.89. The summed E-state index contributed by atoms with van der Waals surface area (Å²) in [5.74, 6) is 0.778. The minimum absolute atomic E-state index is 0.546. The molecule has 4 nitrogen and oxygen atoms in total. The molecule has 0 aromatic carbocycles. The van der Waals surface area contributed by atoms with Crippen LogP contribution in [0.15, 0.2) is 42.1 Å². The van der Waals surface area contributed by atoms with Crippen LogP contribution in [0.5, 0.6) is 0 Å². The molecule has 5 heteroatoms. The number of nitrogens with zero attached hydrogens (tertiary/aromatic N) is 4. The van der Waals surface area contributed by atoms with Crippen LogP contribution in [0.3, 0.4) is 0 Å². The van der Waals surface area contributed by atoms with Crippen LogP contribution in [0.1, 0.15) is 12.0 Å². The second kappa shape index (κ2) is 6.06. The fourth-order valence-corrected chi connectivity index (χ4v) is 2.23. The van der Waals surface area contributed by atoms with E-state index >= 15 is 0 Å². The van der Waals surface area contributed by atoms with Gasteiger partial charge >= 0.3 is 0 Å². The highest BCUT2D eigenvalue weighted by Gasteiger charge is 2.03. The van der Waals surface area contributed by atoms with E-state index in [9.17, 15) is 0 Å². The third-order valence-corrected chi connectivity index (χ3v) is 3.20. The van der Waals surface area contributed by atoms with Gasteiger partial charge in [0, 0.05) is 37.0 Å². The van der Waals surface area contributed by atoms with Crippen LogP contribution < -0.4 is 0 Å². The molecule has 17 heavy (non-hydrogen) atoms. The quantitative estimate of drug-likeness (QED) is 0.598. The fraction of sp³-hybridized carbons (Fsp3) is 0.250. The zero-order valence-electron chi connectivity index (χ0n) is 9.28. The molecule has 2 aromatic rings. The summed E-state index contributed by atoms with van der Waals surface area (Å²) in [6.45, 7) is 0.767. The number of imidazole rings is 1. The lowest BCUT2D eigenvalue weighted by molar-refractivity contribution is 0.706. The third-order valence-electron chi connectivity index (χ3n) is 2.20. The molecule has 0 saturated carbocycles. The molecule has 0 radical (unpaired) electrons. The van der Waals surface area contributed by atoms with Crippen LogP contribution in [0, 0.1) is 11.3 Å². The molecule has 0 saturated heterocycles. The molecule has 0 bridgehead atoms. The fourth-order valence-electron chi connectivity index (χ4n) is 1.43. The van der Waals surface area contributed by atoms with Gasteiger partial charge in [0.05, 0.1) is 12.6 Å². The van der Waals surface area contributed by atoms with Crippen LogP contribution in [0.25, 0.3) is 0 Å². The summed E-state index contributed by atoms with van der Waals surface area (Å²) < 4.78 is 2.07. The van der Waals surface area contributed by atoms with Gasteiger partial charge in [-0.15, -0.1) is 0 Å². The van der Waals surface area contributed by atoms with Crippen molar-refractivity contribution in [2.75, 3.05) is 5.75 Å². The first-order valence-corrected chi connectivity index (χ1v) is 6.28. The van der Waals surface area contributed by atoms with E-state index in [0.717, 1.165) is 23.0 Å². The zero-order chi connectivity index (χ0) is 11.9. The van der Waals surface area contributed by atoms with E-state index in [1.165, 1.54) is 0 Å². The van der Waals surface area contributed by atoms with Gasteiger partial charge in [-0.3, -0.25) is 4.98 Å². The van der Waals surface area contributed by atoms with Crippen molar-refractivity contribution in [1.29, 1.82) is 5.26 Å². The molecule has 0 aliphatic heterocycles. The molecule has 0 N–H and O–H groups in total. The normalized spacial score (nSPS) is 10.1. The Morgan fingerprint density at radius 1 is 1.41 bits per heavy atom. The molecule has 0 fully saturated rings. The minimum atomic E-state index is 0.546. The highest BCUT2D eigenvalue weighted by atomic mass is 32.2. The lowest BCUT2D eigenvalue weighted by Crippen LogP contribution is -2.00. The van der Waals surface area contributed by atoms with E-state index in [1.54, 1.807) is 24.2 Å². The predicted octanol–water partition coefficient (Wildman–Crippen LogP) is 2.33. The summed E-state index contributed by atoms with van der Waals surface area (Å²) in [6, 6.07) is 6.10. The number of hydrogen-bond donors (Lipinski definition) is 0. The van der Waals surface area contributed by atoms with Gasteiger partial charge in [0.15, 0.2) is 5.16 Å². The number of pyridine rings is 1. The second-order valence-electron chi connectivity index (χ2n) is 3.46. The molecule has 0 unspecified atom stereocenters. The standard InChI is InChI=1S/C12H12N4S/c13-4-2-8-17-12-15-6-7-16(12)10-11-3-1-5-14-9-11/h1,3,5-7,9H,2,8,10H2. The van der Waals surface area contributed by atoms with Crippen molar-refractivity contribution in [3.8, 4) is 6.07 Å². The summed E-state index contributed by atoms with van der Waals surface area (Å²) in [7, 11) is 0. The van der Waals surface area contributed by atoms with Gasteiger partial charge < -0.3 is 4.57 Å². The molecule has 0 aliphatic rings. The number of hydrogen-bond acceptors (Lipinski definition) is 4. The summed E-state index contributed by atoms with van der Waals surface area (Å²) in [4.78, 5) is 8.37. The predicted molar refractivity (Wildman–Crippen MR) is 66.5 cm³/mol. The topological polar surface area (TPSA) is 54.5 Å².